The molecule has 9 heteroatoms. The van der Waals surface area contributed by atoms with Crippen LogP contribution in [-0.4, -0.2) is 23.4 Å². The summed E-state index contributed by atoms with van der Waals surface area (Å²) in [4.78, 5) is 0. The third-order valence-electron chi connectivity index (χ3n) is 5.05. The Kier molecular flexibility index (Phi) is 7.04. The molecular formula is C22H26ClN5O2S. The van der Waals surface area contributed by atoms with Gasteiger partial charge in [-0.25, -0.2) is 0 Å². The number of ether oxygens (including phenoxy) is 1. The summed E-state index contributed by atoms with van der Waals surface area (Å²) in [5.74, 6) is 0. The summed E-state index contributed by atoms with van der Waals surface area (Å²) in [6.07, 6.45) is 1.55. The first-order valence-corrected chi connectivity index (χ1v) is 10.4. The van der Waals surface area contributed by atoms with E-state index in [2.05, 4.69) is 10.6 Å². The quantitative estimate of drug-likeness (QED) is 0.314. The number of para-hydroxylation sites is 1. The maximum atomic E-state index is 7.97. The number of nitrogen functional groups attached to an aromatic ring is 1. The van der Waals surface area contributed by atoms with Gasteiger partial charge in [-0.3, -0.25) is 9.98 Å². The molecule has 5 N–H and O–H groups in total. The molecule has 0 saturated carbocycles. The molecule has 0 fully saturated rings. The average molecular weight is 460 g/mol. The Balaban J connectivity index is 1.86. The maximum Gasteiger partial charge on any atom is 0.294 e. The van der Waals surface area contributed by atoms with E-state index in [1.54, 1.807) is 24.0 Å². The highest BCUT2D eigenvalue weighted by molar-refractivity contribution is 7.80. The van der Waals surface area contributed by atoms with Gasteiger partial charge in [-0.1, -0.05) is 35.9 Å². The zero-order valence-corrected chi connectivity index (χ0v) is 19.2. The summed E-state index contributed by atoms with van der Waals surface area (Å²) in [6.45, 7) is 4.66. The third-order valence-corrected chi connectivity index (χ3v) is 5.49. The minimum absolute atomic E-state index is 0.0696. The lowest BCUT2D eigenvalue weighted by atomic mass is 9.93. The number of nitrogens with two attached hydrogens (primary N) is 1. The normalized spacial score (nSPS) is 12.9. The van der Waals surface area contributed by atoms with E-state index in [-0.39, 0.29) is 5.68 Å². The van der Waals surface area contributed by atoms with Crippen molar-refractivity contribution in [3.05, 3.63) is 76.3 Å². The van der Waals surface area contributed by atoms with Crippen molar-refractivity contribution >= 4 is 40.3 Å². The number of aryl methyl sites for hydroxylation is 1. The minimum Gasteiger partial charge on any atom is -0.432 e. The fourth-order valence-electron chi connectivity index (χ4n) is 3.41. The van der Waals surface area contributed by atoms with Gasteiger partial charge in [0.25, 0.3) is 5.68 Å². The predicted molar refractivity (Wildman–Crippen MR) is 127 cm³/mol. The molecule has 1 atom stereocenters. The number of methoxy groups -OCH3 is 1. The summed E-state index contributed by atoms with van der Waals surface area (Å²) in [7, 11) is 1.64. The fraction of sp³-hybridized carbons (Fsp3) is 0.273. The van der Waals surface area contributed by atoms with Gasteiger partial charge in [-0.05, 0) is 55.4 Å². The predicted octanol–water partition coefficient (Wildman–Crippen LogP) is 4.00. The number of anilines is 2. The summed E-state index contributed by atoms with van der Waals surface area (Å²) in [5, 5.41) is 15.6. The molecule has 0 spiro atoms. The summed E-state index contributed by atoms with van der Waals surface area (Å²) in [6, 6.07) is 13.2. The zero-order chi connectivity index (χ0) is 22.6. The Bertz CT molecular complexity index is 1140. The van der Waals surface area contributed by atoms with Crippen LogP contribution in [0.15, 0.2) is 53.1 Å². The first-order chi connectivity index (χ1) is 14.7. The van der Waals surface area contributed by atoms with Crippen LogP contribution in [-0.2, 0) is 16.8 Å². The highest BCUT2D eigenvalue weighted by Gasteiger charge is 2.28. The standard InChI is InChI=1S/C22H26ClN5O2S/c1-14-12-30-20(25)28(14)11-15-6-4-9-18(24)19(15)26-21(31)27-22(2,13-29-3)16-7-5-8-17(23)10-16/h4-10,12,25H,11,13,24H2,1-3H3,(H2,26,27,31). The Hall–Kier alpha value is -2.81. The van der Waals surface area contributed by atoms with Gasteiger partial charge >= 0.3 is 0 Å². The Morgan fingerprint density at radius 1 is 1.32 bits per heavy atom. The molecule has 0 aliphatic rings. The van der Waals surface area contributed by atoms with Gasteiger partial charge in [-0.2, -0.15) is 0 Å². The second-order valence-corrected chi connectivity index (χ2v) is 8.35. The van der Waals surface area contributed by atoms with Gasteiger partial charge in [0.1, 0.15) is 6.26 Å². The number of nitrogens with one attached hydrogen (secondary N) is 3. The van der Waals surface area contributed by atoms with Crippen LogP contribution in [0.25, 0.3) is 0 Å². The van der Waals surface area contributed by atoms with Crippen molar-refractivity contribution in [2.75, 3.05) is 24.8 Å². The van der Waals surface area contributed by atoms with Gasteiger partial charge in [0.05, 0.1) is 35.8 Å². The van der Waals surface area contributed by atoms with E-state index in [1.807, 2.05) is 50.2 Å². The molecule has 2 aromatic carbocycles. The zero-order valence-electron chi connectivity index (χ0n) is 17.7. The molecule has 3 rings (SSSR count). The molecule has 0 aliphatic carbocycles. The topological polar surface area (TPSA) is 101 Å². The van der Waals surface area contributed by atoms with Crippen LogP contribution in [0.1, 0.15) is 23.7 Å². The molecule has 0 radical (unpaired) electrons. The summed E-state index contributed by atoms with van der Waals surface area (Å²) in [5.41, 5.74) is 9.60. The largest absolute Gasteiger partial charge is 0.432 e. The van der Waals surface area contributed by atoms with Crippen LogP contribution < -0.4 is 22.1 Å². The maximum absolute atomic E-state index is 7.97. The Morgan fingerprint density at radius 3 is 2.71 bits per heavy atom. The molecule has 1 heterocycles. The molecule has 0 saturated heterocycles. The lowest BCUT2D eigenvalue weighted by Crippen LogP contribution is -2.48. The number of halogens is 1. The average Bonchev–Trinajstić information content (AvgIpc) is 3.02. The van der Waals surface area contributed by atoms with Gasteiger partial charge in [0.15, 0.2) is 5.11 Å². The minimum atomic E-state index is -0.613. The molecule has 7 nitrogen and oxygen atoms in total. The number of hydrogen-bond acceptors (Lipinski definition) is 5. The fourth-order valence-corrected chi connectivity index (χ4v) is 3.92. The molecule has 0 aliphatic heterocycles. The molecule has 31 heavy (non-hydrogen) atoms. The first kappa shape index (κ1) is 22.9. The van der Waals surface area contributed by atoms with E-state index in [9.17, 15) is 0 Å². The Morgan fingerprint density at radius 2 is 2.06 bits per heavy atom. The van der Waals surface area contributed by atoms with Crippen LogP contribution in [0.5, 0.6) is 0 Å². The van der Waals surface area contributed by atoms with E-state index in [1.165, 1.54) is 0 Å². The SMILES string of the molecule is COCC(C)(NC(=S)Nc1c(N)cccc1Cn1c(C)coc1=N)c1cccc(Cl)c1. The van der Waals surface area contributed by atoms with E-state index in [0.29, 0.717) is 34.7 Å². The summed E-state index contributed by atoms with van der Waals surface area (Å²) >= 11 is 11.8. The number of nitrogens with zero attached hydrogens (tertiary/aromatic N) is 1. The molecule has 0 bridgehead atoms. The lowest BCUT2D eigenvalue weighted by Gasteiger charge is -2.32. The monoisotopic (exact) mass is 459 g/mol. The second-order valence-electron chi connectivity index (χ2n) is 7.50. The first-order valence-electron chi connectivity index (χ1n) is 9.64. The van der Waals surface area contributed by atoms with Crippen LogP contribution in [0.2, 0.25) is 5.02 Å². The van der Waals surface area contributed by atoms with E-state index >= 15 is 0 Å². The van der Waals surface area contributed by atoms with Crippen molar-refractivity contribution in [1.29, 1.82) is 5.41 Å². The highest BCUT2D eigenvalue weighted by atomic mass is 35.5. The molecule has 164 valence electrons. The van der Waals surface area contributed by atoms with Crippen LogP contribution >= 0.6 is 23.8 Å². The van der Waals surface area contributed by atoms with Crippen molar-refractivity contribution in [2.24, 2.45) is 0 Å². The number of rotatable bonds is 7. The lowest BCUT2D eigenvalue weighted by molar-refractivity contribution is 0.130. The smallest absolute Gasteiger partial charge is 0.294 e. The molecule has 0 amide bonds. The molecule has 1 unspecified atom stereocenters. The summed E-state index contributed by atoms with van der Waals surface area (Å²) < 4.78 is 12.4. The van der Waals surface area contributed by atoms with E-state index < -0.39 is 5.54 Å². The van der Waals surface area contributed by atoms with Crippen molar-refractivity contribution in [3.8, 4) is 0 Å². The van der Waals surface area contributed by atoms with Gasteiger partial charge in [-0.15, -0.1) is 0 Å². The van der Waals surface area contributed by atoms with Crippen molar-refractivity contribution in [1.82, 2.24) is 9.88 Å². The number of thiocarbonyl (C=S) groups is 1. The molecule has 1 aromatic heterocycles. The van der Waals surface area contributed by atoms with E-state index in [4.69, 9.17) is 44.1 Å². The highest BCUT2D eigenvalue weighted by Crippen LogP contribution is 2.27. The van der Waals surface area contributed by atoms with Crippen molar-refractivity contribution in [3.63, 3.8) is 0 Å². The van der Waals surface area contributed by atoms with Crippen LogP contribution in [0, 0.1) is 12.3 Å². The van der Waals surface area contributed by atoms with Crippen LogP contribution in [0.4, 0.5) is 11.4 Å². The second kappa shape index (κ2) is 9.55. The molecular weight excluding hydrogens is 434 g/mol. The number of oxazole rings is 1. The number of hydrogen-bond donors (Lipinski definition) is 4. The van der Waals surface area contributed by atoms with Gasteiger partial charge in [0, 0.05) is 12.1 Å². The van der Waals surface area contributed by atoms with Gasteiger partial charge in [0.2, 0.25) is 0 Å². The Labute approximate surface area is 191 Å². The number of aromatic nitrogens is 1. The number of benzene rings is 2. The van der Waals surface area contributed by atoms with E-state index in [0.717, 1.165) is 16.8 Å². The van der Waals surface area contributed by atoms with Gasteiger partial charge < -0.3 is 25.5 Å². The van der Waals surface area contributed by atoms with Crippen molar-refractivity contribution in [2.45, 2.75) is 25.9 Å². The third kappa shape index (κ3) is 5.28. The molecule has 3 aromatic rings. The van der Waals surface area contributed by atoms with Crippen molar-refractivity contribution < 1.29 is 9.15 Å². The van der Waals surface area contributed by atoms with Crippen LogP contribution in [0.3, 0.4) is 0 Å².